The van der Waals surface area contributed by atoms with Gasteiger partial charge in [0.25, 0.3) is 0 Å². The molecule has 0 aliphatic heterocycles. The average Bonchev–Trinajstić information content (AvgIpc) is 2.28. The second-order valence-corrected chi connectivity index (χ2v) is 5.49. The standard InChI is InChI=1S/C13H18BrClN2O/c1-4-16-13(18)9(3)17-8(2)11-6-5-10(14)7-12(11)15/h5-9,17H,4H2,1-3H3,(H,16,18). The van der Waals surface area contributed by atoms with Gasteiger partial charge in [0, 0.05) is 22.1 Å². The van der Waals surface area contributed by atoms with Gasteiger partial charge in [-0.3, -0.25) is 10.1 Å². The predicted molar refractivity (Wildman–Crippen MR) is 78.8 cm³/mol. The zero-order valence-corrected chi connectivity index (χ0v) is 13.1. The molecule has 0 bridgehead atoms. The van der Waals surface area contributed by atoms with Crippen molar-refractivity contribution in [2.45, 2.75) is 32.9 Å². The van der Waals surface area contributed by atoms with Crippen molar-refractivity contribution in [3.8, 4) is 0 Å². The molecule has 2 unspecified atom stereocenters. The second kappa shape index (κ2) is 7.12. The van der Waals surface area contributed by atoms with E-state index in [-0.39, 0.29) is 18.0 Å². The smallest absolute Gasteiger partial charge is 0.236 e. The molecule has 1 amide bonds. The number of carbonyl (C=O) groups excluding carboxylic acids is 1. The summed E-state index contributed by atoms with van der Waals surface area (Å²) in [5, 5.41) is 6.70. The van der Waals surface area contributed by atoms with Crippen LogP contribution in [0.3, 0.4) is 0 Å². The lowest BCUT2D eigenvalue weighted by atomic mass is 10.1. The summed E-state index contributed by atoms with van der Waals surface area (Å²) < 4.78 is 0.945. The van der Waals surface area contributed by atoms with E-state index in [4.69, 9.17) is 11.6 Å². The number of halogens is 2. The van der Waals surface area contributed by atoms with Crippen molar-refractivity contribution in [3.05, 3.63) is 33.3 Å². The fraction of sp³-hybridized carbons (Fsp3) is 0.462. The fourth-order valence-corrected chi connectivity index (χ4v) is 2.56. The highest BCUT2D eigenvalue weighted by atomic mass is 79.9. The first-order valence-electron chi connectivity index (χ1n) is 5.94. The van der Waals surface area contributed by atoms with Crippen molar-refractivity contribution < 1.29 is 4.79 Å². The molecule has 1 rings (SSSR count). The van der Waals surface area contributed by atoms with Crippen molar-refractivity contribution in [3.63, 3.8) is 0 Å². The first-order valence-corrected chi connectivity index (χ1v) is 7.11. The maximum absolute atomic E-state index is 11.6. The van der Waals surface area contributed by atoms with E-state index in [9.17, 15) is 4.79 Å². The lowest BCUT2D eigenvalue weighted by Gasteiger charge is -2.20. The van der Waals surface area contributed by atoms with Crippen LogP contribution in [0.4, 0.5) is 0 Å². The van der Waals surface area contributed by atoms with Crippen LogP contribution in [0.5, 0.6) is 0 Å². The summed E-state index contributed by atoms with van der Waals surface area (Å²) in [6, 6.07) is 5.51. The van der Waals surface area contributed by atoms with Crippen LogP contribution in [0.25, 0.3) is 0 Å². The Morgan fingerprint density at radius 1 is 1.44 bits per heavy atom. The molecule has 1 aromatic rings. The molecule has 1 aromatic carbocycles. The van der Waals surface area contributed by atoms with Gasteiger partial charge in [-0.25, -0.2) is 0 Å². The number of rotatable bonds is 5. The Morgan fingerprint density at radius 2 is 2.11 bits per heavy atom. The molecule has 0 aliphatic carbocycles. The van der Waals surface area contributed by atoms with Crippen LogP contribution < -0.4 is 10.6 Å². The van der Waals surface area contributed by atoms with Gasteiger partial charge in [-0.1, -0.05) is 33.6 Å². The van der Waals surface area contributed by atoms with Gasteiger partial charge in [-0.05, 0) is 38.5 Å². The summed E-state index contributed by atoms with van der Waals surface area (Å²) in [6.07, 6.45) is 0. The summed E-state index contributed by atoms with van der Waals surface area (Å²) in [5.74, 6) is -0.00224. The minimum Gasteiger partial charge on any atom is -0.355 e. The summed E-state index contributed by atoms with van der Waals surface area (Å²) >= 11 is 9.55. The Labute approximate surface area is 121 Å². The summed E-state index contributed by atoms with van der Waals surface area (Å²) in [4.78, 5) is 11.6. The number of nitrogens with one attached hydrogen (secondary N) is 2. The summed E-state index contributed by atoms with van der Waals surface area (Å²) in [7, 11) is 0. The molecular formula is C13H18BrClN2O. The Kier molecular flexibility index (Phi) is 6.12. The first-order chi connectivity index (χ1) is 8.45. The molecule has 0 aliphatic rings. The Bertz CT molecular complexity index is 425. The maximum Gasteiger partial charge on any atom is 0.236 e. The topological polar surface area (TPSA) is 41.1 Å². The molecule has 0 radical (unpaired) electrons. The predicted octanol–water partition coefficient (Wildman–Crippen LogP) is 3.28. The lowest BCUT2D eigenvalue weighted by molar-refractivity contribution is -0.122. The van der Waals surface area contributed by atoms with Crippen molar-refractivity contribution in [1.29, 1.82) is 0 Å². The Morgan fingerprint density at radius 3 is 2.67 bits per heavy atom. The SMILES string of the molecule is CCNC(=O)C(C)NC(C)c1ccc(Br)cc1Cl. The van der Waals surface area contributed by atoms with Crippen molar-refractivity contribution in [2.24, 2.45) is 0 Å². The monoisotopic (exact) mass is 332 g/mol. The van der Waals surface area contributed by atoms with E-state index < -0.39 is 0 Å². The lowest BCUT2D eigenvalue weighted by Crippen LogP contribution is -2.43. The van der Waals surface area contributed by atoms with Crippen LogP contribution in [0, 0.1) is 0 Å². The Balaban J connectivity index is 2.70. The van der Waals surface area contributed by atoms with Crippen LogP contribution in [-0.4, -0.2) is 18.5 Å². The van der Waals surface area contributed by atoms with Gasteiger partial charge in [0.1, 0.15) is 0 Å². The van der Waals surface area contributed by atoms with Crippen LogP contribution in [0.15, 0.2) is 22.7 Å². The van der Waals surface area contributed by atoms with E-state index in [0.29, 0.717) is 11.6 Å². The summed E-state index contributed by atoms with van der Waals surface area (Å²) in [5.41, 5.74) is 0.982. The fourth-order valence-electron chi connectivity index (χ4n) is 1.72. The quantitative estimate of drug-likeness (QED) is 0.868. The van der Waals surface area contributed by atoms with E-state index in [1.54, 1.807) is 0 Å². The van der Waals surface area contributed by atoms with Crippen LogP contribution in [0.1, 0.15) is 32.4 Å². The van der Waals surface area contributed by atoms with Gasteiger partial charge in [0.2, 0.25) is 5.91 Å². The van der Waals surface area contributed by atoms with E-state index in [1.165, 1.54) is 0 Å². The highest BCUT2D eigenvalue weighted by Gasteiger charge is 2.17. The highest BCUT2D eigenvalue weighted by molar-refractivity contribution is 9.10. The van der Waals surface area contributed by atoms with Gasteiger partial charge < -0.3 is 5.32 Å². The number of benzene rings is 1. The molecule has 0 aromatic heterocycles. The van der Waals surface area contributed by atoms with Gasteiger partial charge in [-0.15, -0.1) is 0 Å². The van der Waals surface area contributed by atoms with Crippen molar-refractivity contribution in [2.75, 3.05) is 6.54 Å². The molecular weight excluding hydrogens is 316 g/mol. The normalized spacial score (nSPS) is 14.1. The molecule has 100 valence electrons. The van der Waals surface area contributed by atoms with Gasteiger partial charge in [0.15, 0.2) is 0 Å². The van der Waals surface area contributed by atoms with Crippen LogP contribution >= 0.6 is 27.5 Å². The molecule has 5 heteroatoms. The zero-order valence-electron chi connectivity index (χ0n) is 10.8. The van der Waals surface area contributed by atoms with Gasteiger partial charge in [0.05, 0.1) is 6.04 Å². The minimum absolute atomic E-state index is 0.00224. The number of likely N-dealkylation sites (N-methyl/N-ethyl adjacent to an activating group) is 1. The molecule has 18 heavy (non-hydrogen) atoms. The van der Waals surface area contributed by atoms with E-state index in [2.05, 4.69) is 26.6 Å². The third-order valence-electron chi connectivity index (χ3n) is 2.67. The van der Waals surface area contributed by atoms with Gasteiger partial charge in [-0.2, -0.15) is 0 Å². The number of hydrogen-bond acceptors (Lipinski definition) is 2. The molecule has 2 atom stereocenters. The van der Waals surface area contributed by atoms with Crippen LogP contribution in [0.2, 0.25) is 5.02 Å². The molecule has 0 fully saturated rings. The molecule has 0 saturated heterocycles. The van der Waals surface area contributed by atoms with E-state index >= 15 is 0 Å². The summed E-state index contributed by atoms with van der Waals surface area (Å²) in [6.45, 7) is 6.37. The number of amides is 1. The van der Waals surface area contributed by atoms with Gasteiger partial charge >= 0.3 is 0 Å². The third-order valence-corrected chi connectivity index (χ3v) is 3.49. The maximum atomic E-state index is 11.6. The molecule has 0 spiro atoms. The van der Waals surface area contributed by atoms with Crippen molar-refractivity contribution >= 4 is 33.4 Å². The molecule has 3 nitrogen and oxygen atoms in total. The largest absolute Gasteiger partial charge is 0.355 e. The number of carbonyl (C=O) groups is 1. The zero-order chi connectivity index (χ0) is 13.7. The highest BCUT2D eigenvalue weighted by Crippen LogP contribution is 2.26. The minimum atomic E-state index is -0.250. The first kappa shape index (κ1) is 15.5. The van der Waals surface area contributed by atoms with E-state index in [0.717, 1.165) is 10.0 Å². The third kappa shape index (κ3) is 4.26. The molecule has 0 saturated carbocycles. The molecule has 2 N–H and O–H groups in total. The van der Waals surface area contributed by atoms with E-state index in [1.807, 2.05) is 39.0 Å². The van der Waals surface area contributed by atoms with Crippen molar-refractivity contribution in [1.82, 2.24) is 10.6 Å². The number of hydrogen-bond donors (Lipinski definition) is 2. The average molecular weight is 334 g/mol. The second-order valence-electron chi connectivity index (χ2n) is 4.17. The van der Waals surface area contributed by atoms with Crippen LogP contribution in [-0.2, 0) is 4.79 Å². The molecule has 0 heterocycles. The Hall–Kier alpha value is -0.580.